The van der Waals surface area contributed by atoms with Gasteiger partial charge in [0.05, 0.1) is 0 Å². The van der Waals surface area contributed by atoms with Gasteiger partial charge in [-0.25, -0.2) is 0 Å². The van der Waals surface area contributed by atoms with E-state index in [0.29, 0.717) is 17.5 Å². The van der Waals surface area contributed by atoms with E-state index in [2.05, 4.69) is 51.6 Å². The van der Waals surface area contributed by atoms with E-state index in [1.807, 2.05) is 0 Å². The molecule has 20 heavy (non-hydrogen) atoms. The number of anilines is 1. The molecule has 0 atom stereocenters. The topological polar surface area (TPSA) is 55.1 Å². The highest BCUT2D eigenvalue weighted by molar-refractivity contribution is 6.29. The second-order valence-corrected chi connectivity index (χ2v) is 4.85. The lowest BCUT2D eigenvalue weighted by Gasteiger charge is -2.08. The van der Waals surface area contributed by atoms with Gasteiger partial charge in [-0.15, -0.1) is 0 Å². The molecule has 2 heterocycles. The molecule has 0 fully saturated rings. The Kier molecular flexibility index (Phi) is 3.52. The number of rotatable bonds is 4. The van der Waals surface area contributed by atoms with Gasteiger partial charge >= 0.3 is 0 Å². The summed E-state index contributed by atoms with van der Waals surface area (Å²) >= 11 is 5.97. The first-order valence-electron chi connectivity index (χ1n) is 6.44. The van der Waals surface area contributed by atoms with Gasteiger partial charge in [0.25, 0.3) is 5.78 Å². The summed E-state index contributed by atoms with van der Waals surface area (Å²) in [4.78, 5) is 8.12. The van der Waals surface area contributed by atoms with Crippen LogP contribution in [0.1, 0.15) is 18.1 Å². The molecule has 0 aliphatic heterocycles. The first-order chi connectivity index (χ1) is 9.76. The van der Waals surface area contributed by atoms with Crippen molar-refractivity contribution in [2.75, 3.05) is 5.32 Å². The third-order valence-corrected chi connectivity index (χ3v) is 3.32. The highest BCUT2D eigenvalue weighted by atomic mass is 35.5. The van der Waals surface area contributed by atoms with Gasteiger partial charge in [0, 0.05) is 12.6 Å². The van der Waals surface area contributed by atoms with Crippen LogP contribution in [0.3, 0.4) is 0 Å². The lowest BCUT2D eigenvalue weighted by Crippen LogP contribution is -2.06. The van der Waals surface area contributed by atoms with Crippen molar-refractivity contribution >= 4 is 23.2 Å². The van der Waals surface area contributed by atoms with Gasteiger partial charge in [0.15, 0.2) is 0 Å². The summed E-state index contributed by atoms with van der Waals surface area (Å²) in [6.07, 6.45) is 2.51. The van der Waals surface area contributed by atoms with Crippen molar-refractivity contribution in [1.82, 2.24) is 19.6 Å². The van der Waals surface area contributed by atoms with E-state index in [0.717, 1.165) is 12.2 Å². The molecule has 0 saturated carbocycles. The summed E-state index contributed by atoms with van der Waals surface area (Å²) in [5.74, 6) is 1.26. The molecular formula is C14H14ClN5. The Morgan fingerprint density at radius 2 is 1.95 bits per heavy atom. The Morgan fingerprint density at radius 3 is 2.70 bits per heavy atom. The number of hydrogen-bond acceptors (Lipinski definition) is 4. The molecule has 1 aromatic carbocycles. The molecule has 0 spiro atoms. The van der Waals surface area contributed by atoms with Gasteiger partial charge in [-0.05, 0) is 17.5 Å². The van der Waals surface area contributed by atoms with Crippen LogP contribution in [0.15, 0.2) is 36.7 Å². The Morgan fingerprint density at radius 1 is 1.20 bits per heavy atom. The minimum absolute atomic E-state index is 0.398. The fourth-order valence-corrected chi connectivity index (χ4v) is 2.17. The van der Waals surface area contributed by atoms with Crippen molar-refractivity contribution in [3.8, 4) is 0 Å². The molecule has 0 saturated heterocycles. The van der Waals surface area contributed by atoms with Crippen molar-refractivity contribution < 1.29 is 0 Å². The summed E-state index contributed by atoms with van der Waals surface area (Å²) in [6.45, 7) is 2.84. The van der Waals surface area contributed by atoms with E-state index < -0.39 is 0 Å². The summed E-state index contributed by atoms with van der Waals surface area (Å²) in [5.41, 5.74) is 2.53. The lowest BCUT2D eigenvalue weighted by molar-refractivity contribution is 0.925. The number of nitrogens with zero attached hydrogens (tertiary/aromatic N) is 4. The number of aromatic nitrogens is 4. The summed E-state index contributed by atoms with van der Waals surface area (Å²) < 4.78 is 1.63. The van der Waals surface area contributed by atoms with Gasteiger partial charge in [0.2, 0.25) is 0 Å². The molecule has 3 rings (SSSR count). The second-order valence-electron chi connectivity index (χ2n) is 4.46. The minimum atomic E-state index is 0.398. The average molecular weight is 288 g/mol. The highest BCUT2D eigenvalue weighted by Crippen LogP contribution is 2.15. The maximum Gasteiger partial charge on any atom is 0.255 e. The quantitative estimate of drug-likeness (QED) is 0.750. The number of benzene rings is 1. The van der Waals surface area contributed by atoms with E-state index in [9.17, 15) is 0 Å². The molecule has 102 valence electrons. The van der Waals surface area contributed by atoms with Crippen LogP contribution < -0.4 is 5.32 Å². The van der Waals surface area contributed by atoms with Crippen molar-refractivity contribution in [1.29, 1.82) is 0 Å². The van der Waals surface area contributed by atoms with Crippen molar-refractivity contribution in [3.63, 3.8) is 0 Å². The third kappa shape index (κ3) is 2.58. The van der Waals surface area contributed by atoms with E-state index in [4.69, 9.17) is 11.6 Å². The molecule has 0 unspecified atom stereocenters. The summed E-state index contributed by atoms with van der Waals surface area (Å²) in [6, 6.07) is 10.3. The van der Waals surface area contributed by atoms with Gasteiger partial charge in [-0.1, -0.05) is 42.8 Å². The van der Waals surface area contributed by atoms with E-state index in [1.54, 1.807) is 10.6 Å². The predicted molar refractivity (Wildman–Crippen MR) is 78.9 cm³/mol. The van der Waals surface area contributed by atoms with Crippen molar-refractivity contribution in [2.45, 2.75) is 19.9 Å². The number of fused-ring (bicyclic) bond motifs is 1. The normalized spacial score (nSPS) is 10.9. The molecule has 2 aromatic heterocycles. The zero-order valence-electron chi connectivity index (χ0n) is 11.0. The Bertz CT molecular complexity index is 720. The van der Waals surface area contributed by atoms with Crippen molar-refractivity contribution in [2.24, 2.45) is 0 Å². The van der Waals surface area contributed by atoms with Crippen LogP contribution in [-0.4, -0.2) is 19.6 Å². The van der Waals surface area contributed by atoms with E-state index >= 15 is 0 Å². The number of nitrogens with one attached hydrogen (secondary N) is 1. The molecule has 0 bridgehead atoms. The van der Waals surface area contributed by atoms with Crippen LogP contribution in [0, 0.1) is 0 Å². The van der Waals surface area contributed by atoms with Crippen molar-refractivity contribution in [3.05, 3.63) is 52.9 Å². The Balaban J connectivity index is 1.80. The maximum absolute atomic E-state index is 5.97. The first kappa shape index (κ1) is 12.9. The van der Waals surface area contributed by atoms with Gasteiger partial charge in [-0.2, -0.15) is 19.6 Å². The third-order valence-electron chi connectivity index (χ3n) is 3.13. The molecule has 5 nitrogen and oxygen atoms in total. The smallest absolute Gasteiger partial charge is 0.255 e. The van der Waals surface area contributed by atoms with Crippen LogP contribution in [0.25, 0.3) is 5.78 Å². The summed E-state index contributed by atoms with van der Waals surface area (Å²) in [7, 11) is 0. The molecule has 0 radical (unpaired) electrons. The fourth-order valence-electron chi connectivity index (χ4n) is 1.99. The van der Waals surface area contributed by atoms with E-state index in [-0.39, 0.29) is 0 Å². The number of aryl methyl sites for hydroxylation is 1. The van der Waals surface area contributed by atoms with Gasteiger partial charge in [0.1, 0.15) is 17.3 Å². The Labute approximate surface area is 121 Å². The SMILES string of the molecule is CCc1ccc(CNc2cc(Cl)nc3ncnn23)cc1. The molecule has 1 N–H and O–H groups in total. The van der Waals surface area contributed by atoms with E-state index in [1.165, 1.54) is 17.5 Å². The maximum atomic E-state index is 5.97. The first-order valence-corrected chi connectivity index (χ1v) is 6.82. The number of hydrogen-bond donors (Lipinski definition) is 1. The van der Waals surface area contributed by atoms with Gasteiger partial charge < -0.3 is 5.32 Å². The standard InChI is InChI=1S/C14H14ClN5/c1-2-10-3-5-11(6-4-10)8-16-13-7-12(15)19-14-17-9-18-20(13)14/h3-7,9,16H,2,8H2,1H3. The lowest BCUT2D eigenvalue weighted by atomic mass is 10.1. The molecule has 0 aliphatic carbocycles. The monoisotopic (exact) mass is 287 g/mol. The average Bonchev–Trinajstić information content (AvgIpc) is 2.93. The van der Waals surface area contributed by atoms with Crippen LogP contribution >= 0.6 is 11.6 Å². The molecule has 0 aliphatic rings. The molecule has 6 heteroatoms. The molecular weight excluding hydrogens is 274 g/mol. The highest BCUT2D eigenvalue weighted by Gasteiger charge is 2.06. The molecule has 3 aromatic rings. The second kappa shape index (κ2) is 5.46. The molecule has 0 amide bonds. The van der Waals surface area contributed by atoms with Crippen LogP contribution in [0.5, 0.6) is 0 Å². The van der Waals surface area contributed by atoms with Crippen LogP contribution in [0.2, 0.25) is 5.15 Å². The number of halogens is 1. The largest absolute Gasteiger partial charge is 0.366 e. The van der Waals surface area contributed by atoms with Crippen LogP contribution in [0.4, 0.5) is 5.82 Å². The Hall–Kier alpha value is -2.14. The van der Waals surface area contributed by atoms with Crippen LogP contribution in [-0.2, 0) is 13.0 Å². The minimum Gasteiger partial charge on any atom is -0.366 e. The predicted octanol–water partition coefficient (Wildman–Crippen LogP) is 2.95. The van der Waals surface area contributed by atoms with Gasteiger partial charge in [-0.3, -0.25) is 0 Å². The zero-order valence-corrected chi connectivity index (χ0v) is 11.8. The zero-order chi connectivity index (χ0) is 13.9. The summed E-state index contributed by atoms with van der Waals surface area (Å²) in [5, 5.41) is 7.82. The fraction of sp³-hybridized carbons (Fsp3) is 0.214.